The number of ketones is 1. The number of carbonyl (C=O) groups excluding carboxylic acids is 2. The van der Waals surface area contributed by atoms with E-state index in [0.717, 1.165) is 5.01 Å². The zero-order valence-electron chi connectivity index (χ0n) is 20.6. The molecule has 0 fully saturated rings. The largest absolute Gasteiger partial charge is 0.573 e. The predicted octanol–water partition coefficient (Wildman–Crippen LogP) is 4.84. The highest BCUT2D eigenvalue weighted by molar-refractivity contribution is 6.09. The smallest absolute Gasteiger partial charge is 0.493 e. The van der Waals surface area contributed by atoms with Crippen LogP contribution in [0.5, 0.6) is 11.5 Å². The monoisotopic (exact) mass is 526 g/mol. The molecule has 1 aromatic heterocycles. The Hall–Kier alpha value is -4.25. The standard InChI is InChI=1S/C27H25F3N4O4/c1-3-16-15-23(35)34(33-24(16)20-8-9-21(37-2)22(14-20)38-27(28,29)30)26(31)19-6-4-17(5-7-19)25(36)18-10-12-32-13-11-18/h4-14,16,26H,3,15,31H2,1-2H3. The highest BCUT2D eigenvalue weighted by atomic mass is 19.4. The van der Waals surface area contributed by atoms with Gasteiger partial charge >= 0.3 is 6.36 Å². The Balaban J connectivity index is 1.64. The van der Waals surface area contributed by atoms with Crippen molar-refractivity contribution in [2.45, 2.75) is 32.3 Å². The average Bonchev–Trinajstić information content (AvgIpc) is 2.91. The van der Waals surface area contributed by atoms with Crippen molar-refractivity contribution < 1.29 is 32.2 Å². The van der Waals surface area contributed by atoms with Crippen LogP contribution in [0.1, 0.15) is 53.0 Å². The summed E-state index contributed by atoms with van der Waals surface area (Å²) in [5.74, 6) is -1.47. The molecule has 38 heavy (non-hydrogen) atoms. The lowest BCUT2D eigenvalue weighted by atomic mass is 9.89. The predicted molar refractivity (Wildman–Crippen MR) is 132 cm³/mol. The van der Waals surface area contributed by atoms with E-state index in [9.17, 15) is 22.8 Å². The van der Waals surface area contributed by atoms with Crippen LogP contribution in [0.2, 0.25) is 0 Å². The maximum absolute atomic E-state index is 13.0. The molecule has 0 aliphatic carbocycles. The second-order valence-corrected chi connectivity index (χ2v) is 8.58. The van der Waals surface area contributed by atoms with Crippen LogP contribution in [0.15, 0.2) is 72.1 Å². The van der Waals surface area contributed by atoms with Gasteiger partial charge in [0.05, 0.1) is 12.8 Å². The average molecular weight is 527 g/mol. The van der Waals surface area contributed by atoms with Gasteiger partial charge in [0.25, 0.3) is 0 Å². The minimum absolute atomic E-state index is 0.0726. The molecule has 0 saturated heterocycles. The van der Waals surface area contributed by atoms with Crippen LogP contribution in [-0.2, 0) is 4.79 Å². The van der Waals surface area contributed by atoms with Crippen molar-refractivity contribution in [1.82, 2.24) is 9.99 Å². The van der Waals surface area contributed by atoms with Crippen molar-refractivity contribution in [1.29, 1.82) is 0 Å². The molecule has 198 valence electrons. The van der Waals surface area contributed by atoms with E-state index in [1.165, 1.54) is 31.6 Å². The Morgan fingerprint density at radius 2 is 1.74 bits per heavy atom. The molecule has 1 aliphatic heterocycles. The lowest BCUT2D eigenvalue weighted by molar-refractivity contribution is -0.275. The molecule has 3 aromatic rings. The summed E-state index contributed by atoms with van der Waals surface area (Å²) in [5, 5.41) is 5.60. The molecule has 2 atom stereocenters. The fourth-order valence-corrected chi connectivity index (χ4v) is 4.19. The van der Waals surface area contributed by atoms with Crippen molar-refractivity contribution >= 4 is 17.4 Å². The Kier molecular flexibility index (Phi) is 7.77. The van der Waals surface area contributed by atoms with Crippen molar-refractivity contribution in [2.24, 2.45) is 16.8 Å². The molecule has 2 N–H and O–H groups in total. The number of carbonyl (C=O) groups is 2. The van der Waals surface area contributed by atoms with E-state index in [2.05, 4.69) is 14.8 Å². The van der Waals surface area contributed by atoms with Gasteiger partial charge in [-0.1, -0.05) is 31.2 Å². The number of benzene rings is 2. The van der Waals surface area contributed by atoms with Crippen molar-refractivity contribution in [3.63, 3.8) is 0 Å². The van der Waals surface area contributed by atoms with E-state index in [0.29, 0.717) is 34.4 Å². The van der Waals surface area contributed by atoms with Crippen molar-refractivity contribution in [3.05, 3.63) is 89.2 Å². The Morgan fingerprint density at radius 1 is 1.08 bits per heavy atom. The molecule has 2 aromatic carbocycles. The molecule has 2 heterocycles. The van der Waals surface area contributed by atoms with Crippen LogP contribution in [0.3, 0.4) is 0 Å². The molecule has 11 heteroatoms. The number of methoxy groups -OCH3 is 1. The van der Waals surface area contributed by atoms with Crippen LogP contribution in [0.4, 0.5) is 13.2 Å². The van der Waals surface area contributed by atoms with E-state index in [4.69, 9.17) is 10.5 Å². The van der Waals surface area contributed by atoms with E-state index in [1.54, 1.807) is 42.5 Å². The topological polar surface area (TPSA) is 107 Å². The maximum atomic E-state index is 13.0. The van der Waals surface area contributed by atoms with Gasteiger partial charge in [-0.05, 0) is 42.3 Å². The summed E-state index contributed by atoms with van der Waals surface area (Å²) in [5.41, 5.74) is 8.59. The molecule has 4 rings (SSSR count). The van der Waals surface area contributed by atoms with Gasteiger partial charge in [0.1, 0.15) is 6.17 Å². The Bertz CT molecular complexity index is 1340. The third-order valence-electron chi connectivity index (χ3n) is 6.18. The number of halogens is 3. The Labute approximate surface area is 216 Å². The third kappa shape index (κ3) is 5.83. The van der Waals surface area contributed by atoms with Gasteiger partial charge in [0.2, 0.25) is 5.91 Å². The summed E-state index contributed by atoms with van der Waals surface area (Å²) in [6, 6.07) is 13.8. The summed E-state index contributed by atoms with van der Waals surface area (Å²) in [6.45, 7) is 1.86. The second-order valence-electron chi connectivity index (χ2n) is 8.58. The molecule has 2 unspecified atom stereocenters. The van der Waals surface area contributed by atoms with E-state index in [-0.39, 0.29) is 29.8 Å². The van der Waals surface area contributed by atoms with Gasteiger partial charge in [-0.2, -0.15) is 5.10 Å². The number of alkyl halides is 3. The number of hydrogen-bond donors (Lipinski definition) is 1. The molecule has 0 saturated carbocycles. The number of nitrogens with zero attached hydrogens (tertiary/aromatic N) is 3. The molecular weight excluding hydrogens is 501 g/mol. The molecular formula is C27H25F3N4O4. The number of nitrogens with two attached hydrogens (primary N) is 1. The van der Waals surface area contributed by atoms with Gasteiger partial charge in [0, 0.05) is 41.4 Å². The first-order valence-corrected chi connectivity index (χ1v) is 11.8. The van der Waals surface area contributed by atoms with Crippen LogP contribution in [0.25, 0.3) is 0 Å². The summed E-state index contributed by atoms with van der Waals surface area (Å²) in [7, 11) is 1.24. The normalized spacial score (nSPS) is 16.6. The summed E-state index contributed by atoms with van der Waals surface area (Å²) >= 11 is 0. The number of pyridine rings is 1. The minimum Gasteiger partial charge on any atom is -0.493 e. The number of amides is 1. The number of hydrogen-bond acceptors (Lipinski definition) is 7. The van der Waals surface area contributed by atoms with E-state index < -0.39 is 18.3 Å². The van der Waals surface area contributed by atoms with Gasteiger partial charge < -0.3 is 15.2 Å². The van der Waals surface area contributed by atoms with Gasteiger partial charge in [-0.3, -0.25) is 14.6 Å². The zero-order chi connectivity index (χ0) is 27.4. The first kappa shape index (κ1) is 26.8. The summed E-state index contributed by atoms with van der Waals surface area (Å²) < 4.78 is 48.0. The van der Waals surface area contributed by atoms with Crippen LogP contribution in [-0.4, -0.2) is 40.9 Å². The number of ether oxygens (including phenoxy) is 2. The Morgan fingerprint density at radius 3 is 2.34 bits per heavy atom. The second kappa shape index (κ2) is 11.0. The van der Waals surface area contributed by atoms with E-state index in [1.807, 2.05) is 6.92 Å². The number of aromatic nitrogens is 1. The molecule has 8 nitrogen and oxygen atoms in total. The summed E-state index contributed by atoms with van der Waals surface area (Å²) in [6.07, 6.45) is -2.24. The highest BCUT2D eigenvalue weighted by Crippen LogP contribution is 2.35. The molecule has 0 bridgehead atoms. The van der Waals surface area contributed by atoms with E-state index >= 15 is 0 Å². The fraction of sp³-hybridized carbons (Fsp3) is 0.259. The SMILES string of the molecule is CCC1CC(=O)N(C(N)c2ccc(C(=O)c3ccncc3)cc2)N=C1c1ccc(OC)c(OC(F)(F)F)c1. The fourth-order valence-electron chi connectivity index (χ4n) is 4.19. The first-order valence-electron chi connectivity index (χ1n) is 11.8. The van der Waals surface area contributed by atoms with Gasteiger partial charge in [-0.25, -0.2) is 5.01 Å². The number of hydrazone groups is 1. The van der Waals surface area contributed by atoms with Crippen LogP contribution >= 0.6 is 0 Å². The first-order chi connectivity index (χ1) is 18.1. The highest BCUT2D eigenvalue weighted by Gasteiger charge is 2.35. The van der Waals surface area contributed by atoms with Gasteiger partial charge in [0.15, 0.2) is 17.3 Å². The summed E-state index contributed by atoms with van der Waals surface area (Å²) in [4.78, 5) is 29.5. The lowest BCUT2D eigenvalue weighted by Crippen LogP contribution is -2.42. The zero-order valence-corrected chi connectivity index (χ0v) is 20.6. The third-order valence-corrected chi connectivity index (χ3v) is 6.18. The van der Waals surface area contributed by atoms with Crippen LogP contribution in [0, 0.1) is 5.92 Å². The van der Waals surface area contributed by atoms with Crippen molar-refractivity contribution in [3.8, 4) is 11.5 Å². The minimum atomic E-state index is -4.92. The number of rotatable bonds is 8. The molecule has 0 spiro atoms. The van der Waals surface area contributed by atoms with Crippen LogP contribution < -0.4 is 15.2 Å². The van der Waals surface area contributed by atoms with Gasteiger partial charge in [-0.15, -0.1) is 13.2 Å². The molecule has 1 aliphatic rings. The lowest BCUT2D eigenvalue weighted by Gasteiger charge is -2.33. The molecule has 1 amide bonds. The van der Waals surface area contributed by atoms with Crippen molar-refractivity contribution in [2.75, 3.05) is 7.11 Å². The molecule has 0 radical (unpaired) electrons. The quantitative estimate of drug-likeness (QED) is 0.421. The maximum Gasteiger partial charge on any atom is 0.573 e.